The largest absolute Gasteiger partial charge is 0.302 e. The van der Waals surface area contributed by atoms with Crippen molar-refractivity contribution >= 4 is 5.78 Å². The molecule has 2 atom stereocenters. The van der Waals surface area contributed by atoms with E-state index >= 15 is 0 Å². The van der Waals surface area contributed by atoms with E-state index in [1.807, 2.05) is 0 Å². The Morgan fingerprint density at radius 2 is 2.00 bits per heavy atom. The maximum atomic E-state index is 12.3. The van der Waals surface area contributed by atoms with Crippen LogP contribution in [0.4, 0.5) is 0 Å². The topological polar surface area (TPSA) is 20.3 Å². The Kier molecular flexibility index (Phi) is 4.63. The van der Waals surface area contributed by atoms with Gasteiger partial charge in [0.05, 0.1) is 0 Å². The van der Waals surface area contributed by atoms with Gasteiger partial charge in [0.25, 0.3) is 0 Å². The number of ketones is 1. The summed E-state index contributed by atoms with van der Waals surface area (Å²) in [6, 6.07) is 0. The van der Waals surface area contributed by atoms with Crippen molar-refractivity contribution in [3.8, 4) is 0 Å². The Bertz CT molecular complexity index is 353. The van der Waals surface area contributed by atoms with Crippen LogP contribution in [0.5, 0.6) is 0 Å². The molecule has 0 amide bonds. The van der Waals surface area contributed by atoms with Crippen molar-refractivity contribution in [2.24, 2.45) is 22.7 Å². The van der Waals surface area contributed by atoms with E-state index in [2.05, 4.69) is 39.5 Å². The Balaban J connectivity index is 1.95. The zero-order valence-corrected chi connectivity index (χ0v) is 14.2. The van der Waals surface area contributed by atoms with Crippen molar-refractivity contribution in [3.63, 3.8) is 0 Å². The summed E-state index contributed by atoms with van der Waals surface area (Å²) < 4.78 is 0. The molecule has 1 saturated heterocycles. The molecule has 0 aromatic rings. The molecule has 0 spiro atoms. The third kappa shape index (κ3) is 4.07. The monoisotopic (exact) mass is 279 g/mol. The summed E-state index contributed by atoms with van der Waals surface area (Å²) in [6.07, 6.45) is 5.64. The summed E-state index contributed by atoms with van der Waals surface area (Å²) in [7, 11) is 0. The molecule has 0 radical (unpaired) electrons. The number of hydrogen-bond donors (Lipinski definition) is 0. The van der Waals surface area contributed by atoms with E-state index in [9.17, 15) is 4.79 Å². The molecule has 1 saturated carbocycles. The molecule has 20 heavy (non-hydrogen) atoms. The molecule has 0 bridgehead atoms. The normalized spacial score (nSPS) is 32.4. The van der Waals surface area contributed by atoms with Gasteiger partial charge in [-0.25, -0.2) is 0 Å². The Morgan fingerprint density at radius 3 is 2.60 bits per heavy atom. The molecule has 2 unspecified atom stereocenters. The highest BCUT2D eigenvalue weighted by Gasteiger charge is 2.36. The van der Waals surface area contributed by atoms with Gasteiger partial charge >= 0.3 is 0 Å². The minimum Gasteiger partial charge on any atom is -0.302 e. The minimum atomic E-state index is 0.293. The van der Waals surface area contributed by atoms with Crippen molar-refractivity contribution in [2.75, 3.05) is 19.6 Å². The van der Waals surface area contributed by atoms with E-state index in [1.54, 1.807) is 0 Å². The second-order valence-electron chi connectivity index (χ2n) is 9.00. The highest BCUT2D eigenvalue weighted by molar-refractivity contribution is 5.82. The van der Waals surface area contributed by atoms with E-state index in [4.69, 9.17) is 0 Å². The van der Waals surface area contributed by atoms with Gasteiger partial charge < -0.3 is 4.90 Å². The van der Waals surface area contributed by atoms with Crippen LogP contribution in [0.15, 0.2) is 0 Å². The van der Waals surface area contributed by atoms with Crippen molar-refractivity contribution in [2.45, 2.75) is 66.7 Å². The number of carbonyl (C=O) groups excluding carboxylic acids is 1. The molecular weight excluding hydrogens is 246 g/mol. The molecule has 2 aliphatic rings. The number of nitrogens with zero attached hydrogens (tertiary/aromatic N) is 1. The number of carbonyl (C=O) groups is 1. The highest BCUT2D eigenvalue weighted by Crippen LogP contribution is 2.39. The fourth-order valence-corrected chi connectivity index (χ4v) is 4.09. The van der Waals surface area contributed by atoms with Crippen LogP contribution in [-0.2, 0) is 4.79 Å². The third-order valence-electron chi connectivity index (χ3n) is 5.45. The van der Waals surface area contributed by atoms with Crippen molar-refractivity contribution < 1.29 is 4.79 Å². The van der Waals surface area contributed by atoms with E-state index in [-0.39, 0.29) is 0 Å². The molecular formula is C18H33NO. The van der Waals surface area contributed by atoms with E-state index in [1.165, 1.54) is 19.4 Å². The first kappa shape index (κ1) is 16.0. The molecule has 0 aromatic carbocycles. The zero-order valence-electron chi connectivity index (χ0n) is 14.2. The summed E-state index contributed by atoms with van der Waals surface area (Å²) in [6.45, 7) is 15.1. The molecule has 2 rings (SSSR count). The summed E-state index contributed by atoms with van der Waals surface area (Å²) in [5.74, 6) is 1.53. The van der Waals surface area contributed by atoms with Gasteiger partial charge in [-0.2, -0.15) is 0 Å². The lowest BCUT2D eigenvalue weighted by Gasteiger charge is -2.42. The minimum absolute atomic E-state index is 0.293. The highest BCUT2D eigenvalue weighted by atomic mass is 16.1. The van der Waals surface area contributed by atoms with Gasteiger partial charge in [-0.1, -0.05) is 34.6 Å². The first-order valence-corrected chi connectivity index (χ1v) is 8.42. The van der Waals surface area contributed by atoms with Crippen molar-refractivity contribution in [1.29, 1.82) is 0 Å². The second kappa shape index (κ2) is 5.79. The fraction of sp³-hybridized carbons (Fsp3) is 0.944. The molecule has 1 aliphatic carbocycles. The predicted molar refractivity (Wildman–Crippen MR) is 84.7 cm³/mol. The van der Waals surface area contributed by atoms with Crippen molar-refractivity contribution in [1.82, 2.24) is 4.90 Å². The predicted octanol–water partition coefficient (Wildman–Crippen LogP) is 4.14. The number of Topliss-reactive ketones (excluding diaryl/α,β-unsaturated/α-hetero) is 1. The first-order valence-electron chi connectivity index (χ1n) is 8.42. The molecule has 2 heteroatoms. The van der Waals surface area contributed by atoms with Gasteiger partial charge in [0.15, 0.2) is 0 Å². The summed E-state index contributed by atoms with van der Waals surface area (Å²) >= 11 is 0. The van der Waals surface area contributed by atoms with Crippen LogP contribution in [0.25, 0.3) is 0 Å². The van der Waals surface area contributed by atoms with Gasteiger partial charge in [0.1, 0.15) is 5.78 Å². The molecule has 1 aliphatic heterocycles. The molecule has 2 fully saturated rings. The SMILES string of the molecule is CC1(C)CCCN(CC2CC(C(C)(C)C)CCC2=O)C1. The van der Waals surface area contributed by atoms with E-state index < -0.39 is 0 Å². The average molecular weight is 279 g/mol. The maximum Gasteiger partial charge on any atom is 0.137 e. The second-order valence-corrected chi connectivity index (χ2v) is 9.00. The Labute approximate surface area is 125 Å². The summed E-state index contributed by atoms with van der Waals surface area (Å²) in [4.78, 5) is 14.8. The van der Waals surface area contributed by atoms with E-state index in [0.29, 0.717) is 28.4 Å². The van der Waals surface area contributed by atoms with Gasteiger partial charge in [-0.05, 0) is 49.0 Å². The van der Waals surface area contributed by atoms with Crippen LogP contribution < -0.4 is 0 Å². The molecule has 0 aromatic heterocycles. The fourth-order valence-electron chi connectivity index (χ4n) is 4.09. The quantitative estimate of drug-likeness (QED) is 0.757. The van der Waals surface area contributed by atoms with Crippen LogP contribution in [0.3, 0.4) is 0 Å². The third-order valence-corrected chi connectivity index (χ3v) is 5.45. The standard InChI is InChI=1S/C18H33NO/c1-17(2,3)15-7-8-16(20)14(11-15)12-19-10-6-9-18(4,5)13-19/h14-15H,6-13H2,1-5H3. The van der Waals surface area contributed by atoms with Gasteiger partial charge in [-0.3, -0.25) is 4.79 Å². The van der Waals surface area contributed by atoms with Crippen LogP contribution in [0.2, 0.25) is 0 Å². The summed E-state index contributed by atoms with van der Waals surface area (Å²) in [5.41, 5.74) is 0.777. The lowest BCUT2D eigenvalue weighted by molar-refractivity contribution is -0.127. The van der Waals surface area contributed by atoms with Crippen molar-refractivity contribution in [3.05, 3.63) is 0 Å². The van der Waals surface area contributed by atoms with Gasteiger partial charge in [0, 0.05) is 25.4 Å². The zero-order chi connectivity index (χ0) is 15.0. The Morgan fingerprint density at radius 1 is 1.30 bits per heavy atom. The van der Waals surface area contributed by atoms with Crippen LogP contribution in [0.1, 0.15) is 66.7 Å². The number of hydrogen-bond acceptors (Lipinski definition) is 2. The molecule has 116 valence electrons. The molecule has 1 heterocycles. The van der Waals surface area contributed by atoms with Gasteiger partial charge in [-0.15, -0.1) is 0 Å². The summed E-state index contributed by atoms with van der Waals surface area (Å²) in [5, 5.41) is 0. The average Bonchev–Trinajstić information content (AvgIpc) is 2.29. The van der Waals surface area contributed by atoms with Crippen LogP contribution >= 0.6 is 0 Å². The Hall–Kier alpha value is -0.370. The van der Waals surface area contributed by atoms with Crippen LogP contribution in [0, 0.1) is 22.7 Å². The number of rotatable bonds is 2. The van der Waals surface area contributed by atoms with Crippen LogP contribution in [-0.4, -0.2) is 30.3 Å². The number of piperidine rings is 1. The number of likely N-dealkylation sites (tertiary alicyclic amines) is 1. The lowest BCUT2D eigenvalue weighted by Crippen LogP contribution is -2.45. The lowest BCUT2D eigenvalue weighted by atomic mass is 9.68. The molecule has 0 N–H and O–H groups in total. The molecule has 2 nitrogen and oxygen atoms in total. The first-order chi connectivity index (χ1) is 9.17. The van der Waals surface area contributed by atoms with E-state index in [0.717, 1.165) is 32.4 Å². The smallest absolute Gasteiger partial charge is 0.137 e. The maximum absolute atomic E-state index is 12.3. The van der Waals surface area contributed by atoms with Gasteiger partial charge in [0.2, 0.25) is 0 Å².